The number of esters is 1. The van der Waals surface area contributed by atoms with Gasteiger partial charge in [0, 0.05) is 5.38 Å². The molecule has 32 heavy (non-hydrogen) atoms. The first-order chi connectivity index (χ1) is 15.4. The molecule has 3 fully saturated rings. The Bertz CT molecular complexity index is 755. The maximum absolute atomic E-state index is 11.6. The lowest BCUT2D eigenvalue weighted by molar-refractivity contribution is -0.0514. The second kappa shape index (κ2) is 10.4. The molecule has 4 rings (SSSR count). The molecule has 0 saturated heterocycles. The Hall–Kier alpha value is -1.10. The number of alkyl halides is 1. The van der Waals surface area contributed by atoms with Gasteiger partial charge in [0.2, 0.25) is 0 Å². The molecule has 0 aliphatic heterocycles. The summed E-state index contributed by atoms with van der Waals surface area (Å²) in [6, 6.07) is 7.56. The summed E-state index contributed by atoms with van der Waals surface area (Å²) < 4.78 is 4.76. The monoisotopic (exact) mass is 462 g/mol. The van der Waals surface area contributed by atoms with Crippen LogP contribution in [0.3, 0.4) is 0 Å². The number of benzene rings is 1. The first kappa shape index (κ1) is 24.0. The third-order valence-electron chi connectivity index (χ3n) is 8.58. The maximum atomic E-state index is 11.6. The minimum Gasteiger partial charge on any atom is -0.465 e. The molecule has 1 aromatic rings. The second-order valence-electron chi connectivity index (χ2n) is 10.7. The van der Waals surface area contributed by atoms with E-state index in [4.69, 9.17) is 16.3 Å². The third-order valence-corrected chi connectivity index (χ3v) is 9.08. The Morgan fingerprint density at radius 3 is 2.50 bits per heavy atom. The molecule has 1 aromatic carbocycles. The van der Waals surface area contributed by atoms with Gasteiger partial charge >= 0.3 is 5.97 Å². The van der Waals surface area contributed by atoms with Crippen LogP contribution in [0.4, 0.5) is 0 Å². The molecule has 178 valence electrons. The molecule has 0 aromatic heterocycles. The van der Waals surface area contributed by atoms with E-state index in [2.05, 4.69) is 0 Å². The number of hydrogen-bond donors (Lipinski definition) is 2. The molecule has 3 saturated carbocycles. The van der Waals surface area contributed by atoms with E-state index < -0.39 is 0 Å². The maximum Gasteiger partial charge on any atom is 0.337 e. The van der Waals surface area contributed by atoms with E-state index >= 15 is 0 Å². The summed E-state index contributed by atoms with van der Waals surface area (Å²) in [5.41, 5.74) is 1.93. The molecule has 0 radical (unpaired) electrons. The molecule has 3 aliphatic rings. The van der Waals surface area contributed by atoms with Gasteiger partial charge in [-0.15, -0.1) is 11.6 Å². The number of carbonyl (C=O) groups is 1. The Labute approximate surface area is 197 Å². The second-order valence-corrected chi connectivity index (χ2v) is 11.2. The summed E-state index contributed by atoms with van der Waals surface area (Å²) in [5, 5.41) is 21.6. The van der Waals surface area contributed by atoms with Crippen molar-refractivity contribution in [1.82, 2.24) is 0 Å². The summed E-state index contributed by atoms with van der Waals surface area (Å²) in [5.74, 6) is 1.04. The molecule has 0 heterocycles. The van der Waals surface area contributed by atoms with Gasteiger partial charge in [-0.05, 0) is 92.2 Å². The van der Waals surface area contributed by atoms with Gasteiger partial charge in [0.1, 0.15) is 0 Å². The molecule has 0 spiro atoms. The van der Waals surface area contributed by atoms with Gasteiger partial charge in [-0.2, -0.15) is 0 Å². The fourth-order valence-corrected chi connectivity index (χ4v) is 6.74. The fourth-order valence-electron chi connectivity index (χ4n) is 6.25. The number of ether oxygens (including phenoxy) is 1. The van der Waals surface area contributed by atoms with E-state index in [9.17, 15) is 15.0 Å². The van der Waals surface area contributed by atoms with Crippen LogP contribution >= 0.6 is 11.6 Å². The number of hydrogen-bond acceptors (Lipinski definition) is 4. The van der Waals surface area contributed by atoms with Crippen molar-refractivity contribution in [2.45, 2.75) is 94.6 Å². The van der Waals surface area contributed by atoms with Crippen molar-refractivity contribution in [2.24, 2.45) is 23.2 Å². The summed E-state index contributed by atoms with van der Waals surface area (Å²) in [4.78, 5) is 11.6. The number of halogens is 1. The van der Waals surface area contributed by atoms with Gasteiger partial charge < -0.3 is 14.9 Å². The first-order valence-electron chi connectivity index (χ1n) is 12.6. The van der Waals surface area contributed by atoms with Gasteiger partial charge in [0.05, 0.1) is 24.9 Å². The lowest BCUT2D eigenvalue weighted by Crippen LogP contribution is -2.42. The molecule has 0 amide bonds. The van der Waals surface area contributed by atoms with Crippen molar-refractivity contribution in [3.05, 3.63) is 35.4 Å². The summed E-state index contributed by atoms with van der Waals surface area (Å²) in [6.07, 6.45) is 12.3. The number of carbonyl (C=O) groups excluding carboxylic acids is 1. The predicted octanol–water partition coefficient (Wildman–Crippen LogP) is 5.51. The zero-order valence-electron chi connectivity index (χ0n) is 19.3. The number of methoxy groups -OCH3 is 1. The van der Waals surface area contributed by atoms with Gasteiger partial charge in [0.15, 0.2) is 0 Å². The van der Waals surface area contributed by atoms with E-state index in [-0.39, 0.29) is 40.8 Å². The Kier molecular flexibility index (Phi) is 7.85. The summed E-state index contributed by atoms with van der Waals surface area (Å²) in [7, 11) is 1.39. The zero-order valence-corrected chi connectivity index (χ0v) is 20.1. The van der Waals surface area contributed by atoms with Crippen LogP contribution in [-0.2, 0) is 11.2 Å². The molecule has 3 aliphatic carbocycles. The minimum atomic E-state index is -0.342. The van der Waals surface area contributed by atoms with Crippen LogP contribution in [0.25, 0.3) is 0 Å². The molecule has 0 bridgehead atoms. The average Bonchev–Trinajstić information content (AvgIpc) is 3.54. The Morgan fingerprint density at radius 2 is 1.91 bits per heavy atom. The van der Waals surface area contributed by atoms with Crippen molar-refractivity contribution in [3.8, 4) is 0 Å². The molecule has 4 nitrogen and oxygen atoms in total. The highest BCUT2D eigenvalue weighted by molar-refractivity contribution is 6.21. The van der Waals surface area contributed by atoms with Gasteiger partial charge in [-0.3, -0.25) is 0 Å². The van der Waals surface area contributed by atoms with E-state index in [1.807, 2.05) is 12.1 Å². The quantitative estimate of drug-likeness (QED) is 0.336. The molecular formula is C27H39ClO4. The van der Waals surface area contributed by atoms with Crippen molar-refractivity contribution in [1.29, 1.82) is 0 Å². The lowest BCUT2D eigenvalue weighted by atomic mass is 9.61. The molecular weight excluding hydrogens is 424 g/mol. The van der Waals surface area contributed by atoms with Crippen LogP contribution in [0, 0.1) is 23.2 Å². The van der Waals surface area contributed by atoms with E-state index in [1.165, 1.54) is 51.2 Å². The zero-order chi connectivity index (χ0) is 22.7. The minimum absolute atomic E-state index is 0.00195. The number of aliphatic hydroxyl groups excluding tert-OH is 2. The number of aliphatic hydroxyl groups is 2. The van der Waals surface area contributed by atoms with Crippen molar-refractivity contribution >= 4 is 17.6 Å². The number of rotatable bonds is 11. The van der Waals surface area contributed by atoms with Gasteiger partial charge in [-0.25, -0.2) is 4.79 Å². The van der Waals surface area contributed by atoms with E-state index in [0.29, 0.717) is 12.0 Å². The predicted molar refractivity (Wildman–Crippen MR) is 127 cm³/mol. The van der Waals surface area contributed by atoms with Crippen LogP contribution in [0.2, 0.25) is 0 Å². The number of aryl methyl sites for hydroxylation is 1. The van der Waals surface area contributed by atoms with Crippen LogP contribution in [0.1, 0.15) is 86.6 Å². The van der Waals surface area contributed by atoms with Crippen molar-refractivity contribution in [3.63, 3.8) is 0 Å². The highest BCUT2D eigenvalue weighted by Crippen LogP contribution is 2.54. The Morgan fingerprint density at radius 1 is 1.19 bits per heavy atom. The SMILES string of the molecule is COC(=O)c1ccc(CC[C@@H]2[C@@H](CCCC(O)C3(CC4CC4)CCC3)[C@H](O)C[C@H]2Cl)cc1. The van der Waals surface area contributed by atoms with Crippen LogP contribution in [-0.4, -0.2) is 40.9 Å². The largest absolute Gasteiger partial charge is 0.465 e. The highest BCUT2D eigenvalue weighted by atomic mass is 35.5. The van der Waals surface area contributed by atoms with Gasteiger partial charge in [0.25, 0.3) is 0 Å². The van der Waals surface area contributed by atoms with E-state index in [1.54, 1.807) is 12.1 Å². The molecule has 1 unspecified atom stereocenters. The first-order valence-corrected chi connectivity index (χ1v) is 13.0. The van der Waals surface area contributed by atoms with Crippen molar-refractivity contribution in [2.75, 3.05) is 7.11 Å². The normalized spacial score (nSPS) is 30.0. The van der Waals surface area contributed by atoms with Crippen LogP contribution in [0.15, 0.2) is 24.3 Å². The average molecular weight is 463 g/mol. The van der Waals surface area contributed by atoms with Crippen molar-refractivity contribution < 1.29 is 19.7 Å². The highest BCUT2D eigenvalue weighted by Gasteiger charge is 2.46. The van der Waals surface area contributed by atoms with Gasteiger partial charge in [-0.1, -0.05) is 37.8 Å². The topological polar surface area (TPSA) is 66.8 Å². The van der Waals surface area contributed by atoms with E-state index in [0.717, 1.165) is 38.0 Å². The fraction of sp³-hybridized carbons (Fsp3) is 0.741. The summed E-state index contributed by atoms with van der Waals surface area (Å²) >= 11 is 6.66. The standard InChI is InChI=1S/C27H39ClO4/c1-32-26(31)20-11-8-18(9-12-20)10-13-21-22(24(29)16-23(21)28)4-2-5-25(30)27(14-3-15-27)17-19-6-7-19/h8-9,11-12,19,21-25,29-30H,2-7,10,13-17H2,1H3/t21-,22-,23-,24-,25?/m1/s1. The molecule has 5 atom stereocenters. The smallest absolute Gasteiger partial charge is 0.337 e. The summed E-state index contributed by atoms with van der Waals surface area (Å²) in [6.45, 7) is 0. The lowest BCUT2D eigenvalue weighted by Gasteiger charge is -2.46. The molecule has 2 N–H and O–H groups in total. The Balaban J connectivity index is 1.27. The van der Waals surface area contributed by atoms with Crippen LogP contribution < -0.4 is 0 Å². The van der Waals surface area contributed by atoms with Crippen LogP contribution in [0.5, 0.6) is 0 Å². The molecule has 5 heteroatoms. The third kappa shape index (κ3) is 5.51.